The molecule has 0 amide bonds. The summed E-state index contributed by atoms with van der Waals surface area (Å²) < 4.78 is 1.11. The minimum Gasteiger partial charge on any atom is -0.392 e. The molecule has 2 aromatic carbocycles. The van der Waals surface area contributed by atoms with Crippen LogP contribution in [0.4, 0.5) is 5.82 Å². The average molecular weight is 349 g/mol. The molecule has 0 aliphatic carbocycles. The molecular formula is C20H19N3OS. The molecule has 2 heterocycles. The summed E-state index contributed by atoms with van der Waals surface area (Å²) in [5.74, 6) is 0.488. The van der Waals surface area contributed by atoms with Gasteiger partial charge in [-0.1, -0.05) is 37.3 Å². The Bertz CT molecular complexity index is 1070. The first-order chi connectivity index (χ1) is 12.2. The van der Waals surface area contributed by atoms with Gasteiger partial charge in [-0.3, -0.25) is 0 Å². The Labute approximate surface area is 150 Å². The Kier molecular flexibility index (Phi) is 4.11. The summed E-state index contributed by atoms with van der Waals surface area (Å²) in [6.45, 7) is 2.19. The maximum atomic E-state index is 9.35. The highest BCUT2D eigenvalue weighted by atomic mass is 32.1. The summed E-state index contributed by atoms with van der Waals surface area (Å²) >= 11 is 1.71. The maximum Gasteiger partial charge on any atom is 0.151 e. The molecule has 0 saturated carbocycles. The van der Waals surface area contributed by atoms with E-state index in [-0.39, 0.29) is 6.61 Å². The molecule has 0 aliphatic heterocycles. The number of aromatic nitrogens is 2. The molecule has 4 nitrogen and oxygen atoms in total. The molecule has 126 valence electrons. The highest BCUT2D eigenvalue weighted by Gasteiger charge is 2.13. The lowest BCUT2D eigenvalue weighted by Gasteiger charge is -2.07. The number of thiazole rings is 1. The molecule has 0 unspecified atom stereocenters. The van der Waals surface area contributed by atoms with Gasteiger partial charge in [-0.25, -0.2) is 9.97 Å². The number of pyridine rings is 1. The largest absolute Gasteiger partial charge is 0.392 e. The molecule has 0 aliphatic rings. The number of nitrogen functional groups attached to an aromatic ring is 1. The third kappa shape index (κ3) is 2.86. The van der Waals surface area contributed by atoms with E-state index in [0.29, 0.717) is 5.82 Å². The topological polar surface area (TPSA) is 72.0 Å². The average Bonchev–Trinajstić information content (AvgIpc) is 3.06. The number of anilines is 1. The van der Waals surface area contributed by atoms with Crippen LogP contribution in [0.5, 0.6) is 0 Å². The predicted molar refractivity (Wildman–Crippen MR) is 105 cm³/mol. The van der Waals surface area contributed by atoms with E-state index in [2.05, 4.69) is 35.1 Å². The zero-order valence-electron chi connectivity index (χ0n) is 14.0. The van der Waals surface area contributed by atoms with E-state index >= 15 is 0 Å². The molecule has 0 atom stereocenters. The Hall–Kier alpha value is -2.50. The second kappa shape index (κ2) is 6.43. The van der Waals surface area contributed by atoms with Crippen LogP contribution in [0.15, 0.2) is 42.5 Å². The molecule has 3 N–H and O–H groups in total. The summed E-state index contributed by atoms with van der Waals surface area (Å²) in [7, 11) is 0. The van der Waals surface area contributed by atoms with Crippen molar-refractivity contribution in [3.63, 3.8) is 0 Å². The summed E-state index contributed by atoms with van der Waals surface area (Å²) in [6, 6.07) is 14.1. The first-order valence-electron chi connectivity index (χ1n) is 8.38. The summed E-state index contributed by atoms with van der Waals surface area (Å²) in [4.78, 5) is 9.24. The van der Waals surface area contributed by atoms with Gasteiger partial charge in [0.2, 0.25) is 0 Å². The summed E-state index contributed by atoms with van der Waals surface area (Å²) in [5.41, 5.74) is 10.9. The highest BCUT2D eigenvalue weighted by molar-refractivity contribution is 7.19. The van der Waals surface area contributed by atoms with Crippen molar-refractivity contribution in [2.45, 2.75) is 26.4 Å². The van der Waals surface area contributed by atoms with E-state index in [4.69, 9.17) is 5.73 Å². The lowest BCUT2D eigenvalue weighted by Crippen LogP contribution is -1.93. The number of fused-ring (bicyclic) bond motifs is 3. The van der Waals surface area contributed by atoms with Crippen molar-refractivity contribution in [2.24, 2.45) is 0 Å². The van der Waals surface area contributed by atoms with Crippen molar-refractivity contribution >= 4 is 38.3 Å². The van der Waals surface area contributed by atoms with Crippen LogP contribution in [-0.2, 0) is 13.0 Å². The van der Waals surface area contributed by atoms with Gasteiger partial charge in [0.25, 0.3) is 0 Å². The van der Waals surface area contributed by atoms with Gasteiger partial charge in [-0.05, 0) is 41.7 Å². The smallest absolute Gasteiger partial charge is 0.151 e. The lowest BCUT2D eigenvalue weighted by atomic mass is 10.0. The number of rotatable bonds is 4. The molecule has 5 heteroatoms. The number of aliphatic hydroxyl groups excluding tert-OH is 1. The zero-order chi connectivity index (χ0) is 17.4. The number of benzene rings is 2. The van der Waals surface area contributed by atoms with Crippen molar-refractivity contribution in [3.8, 4) is 11.1 Å². The van der Waals surface area contributed by atoms with E-state index in [1.54, 1.807) is 11.3 Å². The van der Waals surface area contributed by atoms with Crippen LogP contribution in [-0.4, -0.2) is 15.1 Å². The number of nitrogens with zero attached hydrogens (tertiary/aromatic N) is 2. The van der Waals surface area contributed by atoms with E-state index in [1.165, 1.54) is 0 Å². The van der Waals surface area contributed by atoms with Gasteiger partial charge < -0.3 is 10.8 Å². The molecule has 4 aromatic rings. The van der Waals surface area contributed by atoms with Crippen LogP contribution < -0.4 is 5.73 Å². The molecular weight excluding hydrogens is 330 g/mol. The minimum absolute atomic E-state index is 0.0360. The van der Waals surface area contributed by atoms with Crippen molar-refractivity contribution in [1.29, 1.82) is 0 Å². The normalized spacial score (nSPS) is 11.4. The Morgan fingerprint density at radius 1 is 1.08 bits per heavy atom. The third-order valence-corrected chi connectivity index (χ3v) is 5.45. The molecule has 2 aromatic heterocycles. The fourth-order valence-electron chi connectivity index (χ4n) is 3.07. The van der Waals surface area contributed by atoms with Crippen molar-refractivity contribution < 1.29 is 5.11 Å². The van der Waals surface area contributed by atoms with Crippen LogP contribution >= 0.6 is 11.3 Å². The van der Waals surface area contributed by atoms with Crippen LogP contribution in [0.1, 0.15) is 23.9 Å². The predicted octanol–water partition coefficient (Wildman–Crippen LogP) is 4.54. The molecule has 0 bridgehead atoms. The third-order valence-electron chi connectivity index (χ3n) is 4.30. The standard InChI is InChI=1S/C20H19N3OS/c1-2-4-17-23-18-19(25-17)15-8-7-14(10-16(15)22-20(18)21)13-6-3-5-12(9-13)11-24/h3,5-10,24H,2,4,11H2,1H3,(H2,21,22). The van der Waals surface area contributed by atoms with Crippen molar-refractivity contribution in [2.75, 3.05) is 5.73 Å². The quantitative estimate of drug-likeness (QED) is 0.567. The van der Waals surface area contributed by atoms with E-state index in [0.717, 1.165) is 55.7 Å². The van der Waals surface area contributed by atoms with Gasteiger partial charge >= 0.3 is 0 Å². The lowest BCUT2D eigenvalue weighted by molar-refractivity contribution is 0.282. The number of nitrogens with two attached hydrogens (primary N) is 1. The van der Waals surface area contributed by atoms with Gasteiger partial charge in [0.05, 0.1) is 21.8 Å². The number of aliphatic hydroxyl groups is 1. The summed E-state index contributed by atoms with van der Waals surface area (Å²) in [5, 5.41) is 11.5. The highest BCUT2D eigenvalue weighted by Crippen LogP contribution is 2.34. The van der Waals surface area contributed by atoms with Crippen LogP contribution in [0.3, 0.4) is 0 Å². The van der Waals surface area contributed by atoms with E-state index in [9.17, 15) is 5.11 Å². The Morgan fingerprint density at radius 2 is 1.92 bits per heavy atom. The number of hydrogen-bond acceptors (Lipinski definition) is 5. The van der Waals surface area contributed by atoms with Crippen LogP contribution in [0, 0.1) is 0 Å². The molecule has 0 saturated heterocycles. The SMILES string of the molecule is CCCc1nc2c(N)nc3cc(-c4cccc(CO)c4)ccc3c2s1. The first kappa shape index (κ1) is 16.0. The molecule has 0 spiro atoms. The van der Waals surface area contributed by atoms with Crippen molar-refractivity contribution in [1.82, 2.24) is 9.97 Å². The van der Waals surface area contributed by atoms with E-state index in [1.807, 2.05) is 24.3 Å². The maximum absolute atomic E-state index is 9.35. The molecule has 0 fully saturated rings. The zero-order valence-corrected chi connectivity index (χ0v) is 14.8. The number of hydrogen-bond donors (Lipinski definition) is 2. The first-order valence-corrected chi connectivity index (χ1v) is 9.20. The number of aryl methyl sites for hydroxylation is 1. The van der Waals surface area contributed by atoms with Gasteiger partial charge in [0.1, 0.15) is 5.52 Å². The van der Waals surface area contributed by atoms with Gasteiger partial charge in [0, 0.05) is 5.39 Å². The Balaban J connectivity index is 1.89. The monoisotopic (exact) mass is 349 g/mol. The molecule has 25 heavy (non-hydrogen) atoms. The second-order valence-corrected chi connectivity index (χ2v) is 7.21. The van der Waals surface area contributed by atoms with Gasteiger partial charge in [0.15, 0.2) is 5.82 Å². The fraction of sp³-hybridized carbons (Fsp3) is 0.200. The molecule has 0 radical (unpaired) electrons. The Morgan fingerprint density at radius 3 is 2.72 bits per heavy atom. The van der Waals surface area contributed by atoms with Crippen molar-refractivity contribution in [3.05, 3.63) is 53.0 Å². The van der Waals surface area contributed by atoms with E-state index < -0.39 is 0 Å². The fourth-order valence-corrected chi connectivity index (χ4v) is 4.28. The molecule has 4 rings (SSSR count). The van der Waals surface area contributed by atoms with Crippen LogP contribution in [0.2, 0.25) is 0 Å². The second-order valence-electron chi connectivity index (χ2n) is 6.12. The summed E-state index contributed by atoms with van der Waals surface area (Å²) in [6.07, 6.45) is 2.03. The van der Waals surface area contributed by atoms with Gasteiger partial charge in [-0.2, -0.15) is 0 Å². The minimum atomic E-state index is 0.0360. The van der Waals surface area contributed by atoms with Crippen LogP contribution in [0.25, 0.3) is 32.2 Å². The van der Waals surface area contributed by atoms with Gasteiger partial charge in [-0.15, -0.1) is 11.3 Å².